The summed E-state index contributed by atoms with van der Waals surface area (Å²) in [4.78, 5) is 21.6. The van der Waals surface area contributed by atoms with E-state index in [4.69, 9.17) is 15.0 Å². The average molecular weight is 1090 g/mol. The first-order valence-corrected chi connectivity index (χ1v) is 29.8. The van der Waals surface area contributed by atoms with Crippen molar-refractivity contribution in [2.75, 3.05) is 0 Å². The molecular weight excluding hydrogens is 995 g/mol. The van der Waals surface area contributed by atoms with Crippen molar-refractivity contribution in [3.05, 3.63) is 215 Å². The van der Waals surface area contributed by atoms with E-state index >= 15 is 0 Å². The number of rotatable bonds is 4. The Labute approximate surface area is 493 Å². The highest BCUT2D eigenvalue weighted by Gasteiger charge is 2.34. The van der Waals surface area contributed by atoms with Crippen molar-refractivity contribution in [1.82, 2.24) is 4.98 Å². The summed E-state index contributed by atoms with van der Waals surface area (Å²) < 4.78 is 0. The van der Waals surface area contributed by atoms with Gasteiger partial charge in [0.05, 0.1) is 39.8 Å². The fourth-order valence-electron chi connectivity index (χ4n) is 11.1. The number of aromatic nitrogens is 1. The van der Waals surface area contributed by atoms with Gasteiger partial charge in [-0.05, 0) is 158 Å². The van der Waals surface area contributed by atoms with Gasteiger partial charge in [0.1, 0.15) is 0 Å². The van der Waals surface area contributed by atoms with E-state index in [1.54, 1.807) is 0 Å². The van der Waals surface area contributed by atoms with Crippen LogP contribution in [-0.2, 0) is 43.3 Å². The van der Waals surface area contributed by atoms with Crippen molar-refractivity contribution in [3.63, 3.8) is 0 Å². The highest BCUT2D eigenvalue weighted by Crippen LogP contribution is 2.43. The first-order valence-electron chi connectivity index (χ1n) is 29.8. The number of H-pyrrole nitrogens is 1. The zero-order chi connectivity index (χ0) is 60.4. The Kier molecular flexibility index (Phi) is 14.7. The molecule has 0 fully saturated rings. The molecule has 4 aromatic carbocycles. The van der Waals surface area contributed by atoms with Gasteiger partial charge in [-0.3, -0.25) is 5.41 Å². The number of aliphatic imine (C=N–C) groups is 3. The largest absolute Gasteiger partial charge is 0.354 e. The van der Waals surface area contributed by atoms with E-state index in [1.807, 2.05) is 0 Å². The molecule has 0 aliphatic carbocycles. The number of allylic oxidation sites excluding steroid dienone is 9. The minimum Gasteiger partial charge on any atom is -0.354 e. The van der Waals surface area contributed by atoms with E-state index < -0.39 is 0 Å². The number of nitrogens with zero attached hydrogens (tertiary/aromatic N) is 3. The zero-order valence-corrected chi connectivity index (χ0v) is 54.3. The standard InChI is InChI=1S/C77H93N5/c1-70(2,3)50-31-45(32-51(40-50)71(4,5)6)65-58-25-26-59(79-58)66(46-33-52(72(7,8)9)41-53(34-46)73(10,11)12)61-29-30-63(81-61)68(48-37-56(76(19,20)21)43-57(38-48)77(22,23)24)69-49(44-78)39-64(82-69)67(62-28-27-60(65)80-62)47-35-54(74(13,14)15)42-55(36-47)75(16,17)18/h25-43,78,80H,1-24H3. The van der Waals surface area contributed by atoms with Crippen LogP contribution in [0.3, 0.4) is 0 Å². The summed E-state index contributed by atoms with van der Waals surface area (Å²) in [6.45, 7) is 55.1. The van der Waals surface area contributed by atoms with Gasteiger partial charge in [-0.15, -0.1) is 0 Å². The number of nitrogens with one attached hydrogen (secondary N) is 2. The number of fused-ring (bicyclic) bond motifs is 5. The van der Waals surface area contributed by atoms with Gasteiger partial charge >= 0.3 is 0 Å². The third-order valence-electron chi connectivity index (χ3n) is 16.7. The minimum absolute atomic E-state index is 0.127. The number of hydrogen-bond donors (Lipinski definition) is 2. The smallest absolute Gasteiger partial charge is 0.0903 e. The van der Waals surface area contributed by atoms with Gasteiger partial charge in [-0.2, -0.15) is 0 Å². The fraction of sp³-hybridized carbons (Fsp3) is 0.416. The lowest BCUT2D eigenvalue weighted by molar-refractivity contribution is 0.567. The Morgan fingerprint density at radius 3 is 0.939 bits per heavy atom. The van der Waals surface area contributed by atoms with E-state index in [0.29, 0.717) is 11.3 Å². The minimum atomic E-state index is -0.168. The van der Waals surface area contributed by atoms with E-state index in [0.717, 1.165) is 83.8 Å². The van der Waals surface area contributed by atoms with Crippen LogP contribution in [0, 0.1) is 5.41 Å². The summed E-state index contributed by atoms with van der Waals surface area (Å²) in [5.41, 5.74) is 22.1. The van der Waals surface area contributed by atoms with Crippen LogP contribution in [0.5, 0.6) is 0 Å². The van der Waals surface area contributed by atoms with Crippen molar-refractivity contribution in [3.8, 4) is 0 Å². The zero-order valence-electron chi connectivity index (χ0n) is 54.3. The van der Waals surface area contributed by atoms with E-state index in [1.165, 1.54) is 44.5 Å². The molecule has 8 bridgehead atoms. The Morgan fingerprint density at radius 1 is 0.329 bits per heavy atom. The van der Waals surface area contributed by atoms with Gasteiger partial charge in [0.2, 0.25) is 0 Å². The maximum absolute atomic E-state index is 9.21. The molecular formula is C77H93N5. The van der Waals surface area contributed by atoms with Crippen LogP contribution in [0.2, 0.25) is 0 Å². The summed E-state index contributed by atoms with van der Waals surface area (Å²) >= 11 is 0. The topological polar surface area (TPSA) is 76.7 Å². The molecule has 0 saturated heterocycles. The third kappa shape index (κ3) is 12.0. The summed E-state index contributed by atoms with van der Waals surface area (Å²) in [5, 5.41) is 11.1. The molecule has 4 aliphatic rings. The van der Waals surface area contributed by atoms with Crippen molar-refractivity contribution in [1.29, 1.82) is 5.41 Å². The summed E-state index contributed by atoms with van der Waals surface area (Å²) in [6.07, 6.45) is 10.9. The Bertz CT molecular complexity index is 3810. The number of hydrogen-bond acceptors (Lipinski definition) is 4. The first kappa shape index (κ1) is 59.7. The van der Waals surface area contributed by atoms with Crippen LogP contribution in [0.1, 0.15) is 233 Å². The van der Waals surface area contributed by atoms with Gasteiger partial charge in [0.15, 0.2) is 0 Å². The lowest BCUT2D eigenvalue weighted by Gasteiger charge is -2.27. The molecule has 5 aromatic rings. The Balaban J connectivity index is 1.53. The molecule has 426 valence electrons. The van der Waals surface area contributed by atoms with E-state index in [9.17, 15) is 5.41 Å². The molecule has 82 heavy (non-hydrogen) atoms. The van der Waals surface area contributed by atoms with Crippen LogP contribution >= 0.6 is 0 Å². The van der Waals surface area contributed by atoms with Crippen LogP contribution < -0.4 is 10.7 Å². The normalized spacial score (nSPS) is 16.6. The molecule has 4 aliphatic heterocycles. The number of benzene rings is 4. The molecule has 0 amide bonds. The van der Waals surface area contributed by atoms with Crippen molar-refractivity contribution >= 4 is 45.3 Å². The predicted molar refractivity (Wildman–Crippen MR) is 354 cm³/mol. The van der Waals surface area contributed by atoms with E-state index in [2.05, 4.69) is 292 Å². The SMILES string of the molecule is CC(C)(C)c1cc(C2=C3C=CC(=N3)C(c3cc(C(C)(C)C)cc(C(C)(C)C)c3)=c3ccc([nH]3)=C(c3cc(C(C)(C)C)cc(C(C)(C)C)c3)C3=CC(=C=N)C(=N3)C(c3cc(C(C)(C)C)cc(C(C)(C)C)c3)=C3C=CC2=N3)cc(C(C)(C)C)c1. The molecule has 0 spiro atoms. The molecule has 0 unspecified atom stereocenters. The van der Waals surface area contributed by atoms with E-state index in [-0.39, 0.29) is 43.3 Å². The van der Waals surface area contributed by atoms with Crippen molar-refractivity contribution in [2.45, 2.75) is 209 Å². The first-order chi connectivity index (χ1) is 37.6. The quantitative estimate of drug-likeness (QED) is 0.168. The van der Waals surface area contributed by atoms with Gasteiger partial charge in [-0.25, -0.2) is 15.0 Å². The Morgan fingerprint density at radius 2 is 0.610 bits per heavy atom. The highest BCUT2D eigenvalue weighted by atomic mass is 14.9. The maximum atomic E-state index is 9.21. The van der Waals surface area contributed by atoms with Crippen LogP contribution in [0.25, 0.3) is 22.3 Å². The van der Waals surface area contributed by atoms with Gasteiger partial charge in [0.25, 0.3) is 0 Å². The summed E-state index contributed by atoms with van der Waals surface area (Å²) in [7, 11) is 0. The van der Waals surface area contributed by atoms with Crippen LogP contribution in [0.15, 0.2) is 153 Å². The van der Waals surface area contributed by atoms with Crippen LogP contribution in [-0.4, -0.2) is 28.0 Å². The molecule has 5 nitrogen and oxygen atoms in total. The molecule has 1 aromatic heterocycles. The van der Waals surface area contributed by atoms with Gasteiger partial charge in [-0.1, -0.05) is 239 Å². The fourth-order valence-corrected chi connectivity index (χ4v) is 11.1. The predicted octanol–water partition coefficient (Wildman–Crippen LogP) is 18.2. The van der Waals surface area contributed by atoms with Gasteiger partial charge < -0.3 is 4.98 Å². The van der Waals surface area contributed by atoms with Crippen molar-refractivity contribution in [2.24, 2.45) is 15.0 Å². The third-order valence-corrected chi connectivity index (χ3v) is 16.7. The maximum Gasteiger partial charge on any atom is 0.0903 e. The second-order valence-electron chi connectivity index (χ2n) is 31.9. The second kappa shape index (κ2) is 20.2. The molecule has 9 rings (SSSR count). The summed E-state index contributed by atoms with van der Waals surface area (Å²) in [5.74, 6) is 2.95. The number of aromatic amines is 1. The second-order valence-corrected chi connectivity index (χ2v) is 31.9. The molecule has 2 N–H and O–H groups in total. The molecule has 5 heterocycles. The molecule has 0 radical (unpaired) electrons. The lowest BCUT2D eigenvalue weighted by Crippen LogP contribution is -2.22. The molecule has 0 atom stereocenters. The lowest BCUT2D eigenvalue weighted by atomic mass is 9.78. The van der Waals surface area contributed by atoms with Crippen LogP contribution in [0.4, 0.5) is 0 Å². The highest BCUT2D eigenvalue weighted by molar-refractivity contribution is 6.40. The van der Waals surface area contributed by atoms with Gasteiger partial charge in [0, 0.05) is 33.0 Å². The average Bonchev–Trinajstić information content (AvgIpc) is 3.28. The molecule has 0 saturated carbocycles. The molecule has 5 heteroatoms. The Hall–Kier alpha value is -6.94. The van der Waals surface area contributed by atoms with Crippen molar-refractivity contribution < 1.29 is 0 Å². The summed E-state index contributed by atoms with van der Waals surface area (Å²) in [6, 6.07) is 32.9. The monoisotopic (exact) mass is 1090 g/mol.